The molecule has 0 unspecified atom stereocenters. The van der Waals surface area contributed by atoms with Crippen LogP contribution < -0.4 is 4.57 Å². The maximum Gasteiger partial charge on any atom is 0.244 e. The second kappa shape index (κ2) is 1.82. The van der Waals surface area contributed by atoms with E-state index in [9.17, 15) is 0 Å². The predicted molar refractivity (Wildman–Crippen MR) is 33.8 cm³/mol. The zero-order valence-electron chi connectivity index (χ0n) is 5.00. The van der Waals surface area contributed by atoms with Crippen molar-refractivity contribution in [2.75, 3.05) is 0 Å². The van der Waals surface area contributed by atoms with Gasteiger partial charge in [-0.2, -0.15) is 0 Å². The molecule has 0 saturated carbocycles. The first-order valence-electron chi connectivity index (χ1n) is 2.40. The molecular formula is C5H9N2S+. The zero-order chi connectivity index (χ0) is 6.15. The highest BCUT2D eigenvalue weighted by molar-refractivity contribution is 7.80. The van der Waals surface area contributed by atoms with Crippen LogP contribution in [-0.2, 0) is 14.1 Å². The third-order valence-corrected chi connectivity index (χ3v) is 1.47. The van der Waals surface area contributed by atoms with Crippen LogP contribution in [0, 0.1) is 0 Å². The molecule has 0 spiro atoms. The van der Waals surface area contributed by atoms with Crippen LogP contribution in [-0.4, -0.2) is 4.57 Å². The van der Waals surface area contributed by atoms with Crippen molar-refractivity contribution < 1.29 is 4.57 Å². The summed E-state index contributed by atoms with van der Waals surface area (Å²) in [6.45, 7) is 0. The molecule has 0 amide bonds. The Bertz CT molecular complexity index is 173. The number of rotatable bonds is 0. The number of imidazole rings is 1. The van der Waals surface area contributed by atoms with E-state index < -0.39 is 0 Å². The molecule has 1 aromatic rings. The lowest BCUT2D eigenvalue weighted by Crippen LogP contribution is -2.23. The van der Waals surface area contributed by atoms with E-state index in [1.165, 1.54) is 0 Å². The molecule has 0 bridgehead atoms. The van der Waals surface area contributed by atoms with Crippen molar-refractivity contribution in [3.8, 4) is 0 Å². The Labute approximate surface area is 54.2 Å². The molecule has 0 aliphatic heterocycles. The molecule has 1 rings (SSSR count). The largest absolute Gasteiger partial charge is 0.244 e. The Balaban J connectivity index is 3.14. The van der Waals surface area contributed by atoms with Gasteiger partial charge in [0.25, 0.3) is 0 Å². The first-order valence-corrected chi connectivity index (χ1v) is 2.85. The third-order valence-electron chi connectivity index (χ3n) is 1.04. The average Bonchev–Trinajstić information content (AvgIpc) is 1.85. The van der Waals surface area contributed by atoms with Crippen molar-refractivity contribution in [3.05, 3.63) is 12.5 Å². The van der Waals surface area contributed by atoms with Crippen LogP contribution in [0.2, 0.25) is 0 Å². The highest BCUT2D eigenvalue weighted by Crippen LogP contribution is 1.97. The van der Waals surface area contributed by atoms with Crippen molar-refractivity contribution in [1.82, 2.24) is 4.57 Å². The summed E-state index contributed by atoms with van der Waals surface area (Å²) in [4.78, 5) is 0. The van der Waals surface area contributed by atoms with Gasteiger partial charge in [0, 0.05) is 0 Å². The summed E-state index contributed by atoms with van der Waals surface area (Å²) in [5.41, 5.74) is 0. The maximum absolute atomic E-state index is 4.16. The fourth-order valence-corrected chi connectivity index (χ4v) is 0.873. The molecule has 0 aliphatic rings. The summed E-state index contributed by atoms with van der Waals surface area (Å²) >= 11 is 4.16. The third kappa shape index (κ3) is 0.865. The van der Waals surface area contributed by atoms with Crippen molar-refractivity contribution in [1.29, 1.82) is 0 Å². The van der Waals surface area contributed by atoms with Gasteiger partial charge in [-0.1, -0.05) is 12.6 Å². The van der Waals surface area contributed by atoms with Gasteiger partial charge in [-0.25, -0.2) is 9.13 Å². The topological polar surface area (TPSA) is 8.81 Å². The molecule has 8 heavy (non-hydrogen) atoms. The molecule has 44 valence electrons. The van der Waals surface area contributed by atoms with E-state index in [4.69, 9.17) is 0 Å². The molecule has 3 heteroatoms. The fraction of sp³-hybridized carbons (Fsp3) is 0.400. The van der Waals surface area contributed by atoms with E-state index in [0.29, 0.717) is 0 Å². The van der Waals surface area contributed by atoms with Crippen LogP contribution in [0.25, 0.3) is 0 Å². The summed E-state index contributed by atoms with van der Waals surface area (Å²) in [5.74, 6) is 0. The highest BCUT2D eigenvalue weighted by atomic mass is 32.1. The minimum absolute atomic E-state index is 0.979. The summed E-state index contributed by atoms with van der Waals surface area (Å²) in [6.07, 6.45) is 3.91. The Hall–Kier alpha value is -0.440. The molecule has 0 N–H and O–H groups in total. The quantitative estimate of drug-likeness (QED) is 0.377. The fourth-order valence-electron chi connectivity index (χ4n) is 0.639. The van der Waals surface area contributed by atoms with E-state index in [-0.39, 0.29) is 0 Å². The smallest absolute Gasteiger partial charge is 0.238 e. The Kier molecular flexibility index (Phi) is 1.29. The summed E-state index contributed by atoms with van der Waals surface area (Å²) in [5, 5.41) is 0.979. The van der Waals surface area contributed by atoms with Crippen LogP contribution >= 0.6 is 12.6 Å². The van der Waals surface area contributed by atoms with E-state index in [1.54, 1.807) is 0 Å². The van der Waals surface area contributed by atoms with Gasteiger partial charge in [0.05, 0.1) is 14.1 Å². The predicted octanol–water partition coefficient (Wildman–Crippen LogP) is 0.138. The van der Waals surface area contributed by atoms with E-state index in [1.807, 2.05) is 35.8 Å². The van der Waals surface area contributed by atoms with Gasteiger partial charge in [-0.3, -0.25) is 0 Å². The lowest BCUT2D eigenvalue weighted by Gasteiger charge is -1.77. The van der Waals surface area contributed by atoms with Crippen molar-refractivity contribution >= 4 is 12.6 Å². The second-order valence-electron chi connectivity index (χ2n) is 1.88. The lowest BCUT2D eigenvalue weighted by molar-refractivity contribution is -0.671. The molecule has 0 saturated heterocycles. The van der Waals surface area contributed by atoms with Crippen LogP contribution in [0.1, 0.15) is 0 Å². The van der Waals surface area contributed by atoms with Crippen molar-refractivity contribution in [2.24, 2.45) is 14.1 Å². The number of hydrogen-bond acceptors (Lipinski definition) is 1. The first-order chi connectivity index (χ1) is 3.70. The summed E-state index contributed by atoms with van der Waals surface area (Å²) < 4.78 is 3.91. The molecule has 0 atom stereocenters. The van der Waals surface area contributed by atoms with Crippen LogP contribution in [0.5, 0.6) is 0 Å². The van der Waals surface area contributed by atoms with Gasteiger partial charge in [0.15, 0.2) is 5.03 Å². The van der Waals surface area contributed by atoms with Crippen LogP contribution in [0.15, 0.2) is 17.6 Å². The molecule has 0 fully saturated rings. The van der Waals surface area contributed by atoms with Gasteiger partial charge in [-0.05, 0) is 0 Å². The Morgan fingerprint density at radius 2 is 2.38 bits per heavy atom. The van der Waals surface area contributed by atoms with Crippen LogP contribution in [0.3, 0.4) is 0 Å². The molecule has 0 radical (unpaired) electrons. The second-order valence-corrected chi connectivity index (χ2v) is 2.34. The minimum Gasteiger partial charge on any atom is -0.238 e. The van der Waals surface area contributed by atoms with Gasteiger partial charge in [0.2, 0.25) is 6.33 Å². The normalized spacial score (nSPS) is 9.88. The van der Waals surface area contributed by atoms with Crippen LogP contribution in [0.4, 0.5) is 0 Å². The zero-order valence-corrected chi connectivity index (χ0v) is 5.89. The Morgan fingerprint density at radius 1 is 1.75 bits per heavy atom. The van der Waals surface area contributed by atoms with Crippen molar-refractivity contribution in [3.63, 3.8) is 0 Å². The SMILES string of the molecule is Cn1c[n+](C)cc1S. The molecule has 1 aromatic heterocycles. The molecule has 2 nitrogen and oxygen atoms in total. The minimum atomic E-state index is 0.979. The number of nitrogens with zero attached hydrogens (tertiary/aromatic N) is 2. The Morgan fingerprint density at radius 3 is 2.50 bits per heavy atom. The van der Waals surface area contributed by atoms with E-state index in [2.05, 4.69) is 12.6 Å². The monoisotopic (exact) mass is 129 g/mol. The standard InChI is InChI=1S/C5H8N2S/c1-6-3-5(8)7(2)4-6/h3-4H,1-2H3/p+1. The van der Waals surface area contributed by atoms with Gasteiger partial charge >= 0.3 is 0 Å². The van der Waals surface area contributed by atoms with Crippen molar-refractivity contribution in [2.45, 2.75) is 5.03 Å². The highest BCUT2D eigenvalue weighted by Gasteiger charge is 1.99. The summed E-state index contributed by atoms with van der Waals surface area (Å²) in [7, 11) is 3.93. The molecule has 1 heterocycles. The van der Waals surface area contributed by atoms with Gasteiger partial charge in [0.1, 0.15) is 6.20 Å². The maximum atomic E-state index is 4.16. The summed E-state index contributed by atoms with van der Waals surface area (Å²) in [6, 6.07) is 0. The first kappa shape index (κ1) is 5.69. The average molecular weight is 129 g/mol. The molecular weight excluding hydrogens is 120 g/mol. The molecule has 0 aromatic carbocycles. The van der Waals surface area contributed by atoms with Gasteiger partial charge < -0.3 is 0 Å². The number of aryl methyl sites for hydroxylation is 2. The van der Waals surface area contributed by atoms with E-state index >= 15 is 0 Å². The van der Waals surface area contributed by atoms with Gasteiger partial charge in [-0.15, -0.1) is 0 Å². The lowest BCUT2D eigenvalue weighted by atomic mass is 10.9. The number of thiol groups is 1. The molecule has 0 aliphatic carbocycles. The van der Waals surface area contributed by atoms with E-state index in [0.717, 1.165) is 5.03 Å². The number of hydrogen-bond donors (Lipinski definition) is 1. The number of aromatic nitrogens is 2.